The standard InChI is InChI=1S/C15H22BrNO3/c1-4-13(15(18)19-5-2)20-14-7-6-12(16)9-11(14)8-10(3)17/h6-7,9-10,13H,4-5,8,17H2,1-3H3. The van der Waals surface area contributed by atoms with Gasteiger partial charge in [-0.2, -0.15) is 0 Å². The molecule has 0 fully saturated rings. The molecule has 2 atom stereocenters. The highest BCUT2D eigenvalue weighted by Gasteiger charge is 2.21. The van der Waals surface area contributed by atoms with E-state index >= 15 is 0 Å². The van der Waals surface area contributed by atoms with Crippen molar-refractivity contribution in [1.82, 2.24) is 0 Å². The van der Waals surface area contributed by atoms with Gasteiger partial charge in [-0.05, 0) is 50.5 Å². The van der Waals surface area contributed by atoms with Gasteiger partial charge in [-0.15, -0.1) is 0 Å². The second-order valence-corrected chi connectivity index (χ2v) is 5.62. The molecule has 0 saturated heterocycles. The molecule has 0 aliphatic carbocycles. The fourth-order valence-corrected chi connectivity index (χ4v) is 2.26. The average molecular weight is 344 g/mol. The van der Waals surface area contributed by atoms with Gasteiger partial charge in [0.15, 0.2) is 6.10 Å². The Morgan fingerprint density at radius 3 is 2.65 bits per heavy atom. The summed E-state index contributed by atoms with van der Waals surface area (Å²) in [6, 6.07) is 5.73. The van der Waals surface area contributed by atoms with Gasteiger partial charge in [0.05, 0.1) is 6.61 Å². The molecule has 0 bridgehead atoms. The van der Waals surface area contributed by atoms with Crippen LogP contribution in [-0.4, -0.2) is 24.7 Å². The third kappa shape index (κ3) is 5.13. The Labute approximate surface area is 128 Å². The van der Waals surface area contributed by atoms with Gasteiger partial charge in [0.1, 0.15) is 5.75 Å². The highest BCUT2D eigenvalue weighted by atomic mass is 79.9. The van der Waals surface area contributed by atoms with Crippen LogP contribution in [0, 0.1) is 0 Å². The van der Waals surface area contributed by atoms with Crippen molar-refractivity contribution in [2.24, 2.45) is 5.73 Å². The van der Waals surface area contributed by atoms with Gasteiger partial charge >= 0.3 is 5.97 Å². The molecule has 112 valence electrons. The zero-order valence-corrected chi connectivity index (χ0v) is 13.8. The first-order valence-electron chi connectivity index (χ1n) is 6.85. The van der Waals surface area contributed by atoms with Crippen molar-refractivity contribution in [2.45, 2.75) is 45.8 Å². The maximum atomic E-state index is 11.8. The zero-order chi connectivity index (χ0) is 15.1. The van der Waals surface area contributed by atoms with E-state index in [1.54, 1.807) is 6.92 Å². The fraction of sp³-hybridized carbons (Fsp3) is 0.533. The van der Waals surface area contributed by atoms with E-state index in [9.17, 15) is 4.79 Å². The molecular weight excluding hydrogens is 322 g/mol. The van der Waals surface area contributed by atoms with E-state index in [4.69, 9.17) is 15.2 Å². The molecule has 0 spiro atoms. The molecule has 1 rings (SSSR count). The predicted molar refractivity (Wildman–Crippen MR) is 82.8 cm³/mol. The Bertz CT molecular complexity index is 449. The molecule has 5 heteroatoms. The Balaban J connectivity index is 2.91. The molecule has 0 heterocycles. The molecule has 0 saturated carbocycles. The number of hydrogen-bond acceptors (Lipinski definition) is 4. The van der Waals surface area contributed by atoms with Crippen LogP contribution in [-0.2, 0) is 16.0 Å². The van der Waals surface area contributed by atoms with E-state index in [2.05, 4.69) is 15.9 Å². The summed E-state index contributed by atoms with van der Waals surface area (Å²) in [4.78, 5) is 11.8. The second kappa shape index (κ2) is 8.27. The summed E-state index contributed by atoms with van der Waals surface area (Å²) in [7, 11) is 0. The third-order valence-electron chi connectivity index (χ3n) is 2.75. The minimum Gasteiger partial charge on any atom is -0.478 e. The summed E-state index contributed by atoms with van der Waals surface area (Å²) in [6.45, 7) is 5.97. The highest BCUT2D eigenvalue weighted by Crippen LogP contribution is 2.26. The minimum atomic E-state index is -0.581. The Hall–Kier alpha value is -1.07. The lowest BCUT2D eigenvalue weighted by molar-refractivity contribution is -0.151. The molecule has 0 aliphatic rings. The first kappa shape index (κ1) is 17.0. The number of carbonyl (C=O) groups is 1. The Kier molecular flexibility index (Phi) is 7.02. The first-order chi connectivity index (χ1) is 9.47. The smallest absolute Gasteiger partial charge is 0.347 e. The number of ether oxygens (including phenoxy) is 2. The van der Waals surface area contributed by atoms with E-state index in [1.165, 1.54) is 0 Å². The third-order valence-corrected chi connectivity index (χ3v) is 3.25. The van der Waals surface area contributed by atoms with Crippen LogP contribution in [0.4, 0.5) is 0 Å². The highest BCUT2D eigenvalue weighted by molar-refractivity contribution is 9.10. The number of halogens is 1. The van der Waals surface area contributed by atoms with E-state index in [1.807, 2.05) is 32.0 Å². The zero-order valence-electron chi connectivity index (χ0n) is 12.2. The Morgan fingerprint density at radius 1 is 1.40 bits per heavy atom. The van der Waals surface area contributed by atoms with Crippen LogP contribution in [0.1, 0.15) is 32.8 Å². The number of benzene rings is 1. The van der Waals surface area contributed by atoms with Crippen LogP contribution in [0.3, 0.4) is 0 Å². The van der Waals surface area contributed by atoms with Crippen LogP contribution in [0.2, 0.25) is 0 Å². The molecule has 0 aliphatic heterocycles. The van der Waals surface area contributed by atoms with E-state index in [-0.39, 0.29) is 12.0 Å². The molecule has 1 aromatic carbocycles. The Morgan fingerprint density at radius 2 is 2.10 bits per heavy atom. The lowest BCUT2D eigenvalue weighted by Crippen LogP contribution is -2.29. The molecule has 0 aromatic heterocycles. The van der Waals surface area contributed by atoms with Crippen molar-refractivity contribution in [2.75, 3.05) is 6.61 Å². The number of carbonyl (C=O) groups excluding carboxylic acids is 1. The van der Waals surface area contributed by atoms with Crippen LogP contribution in [0.15, 0.2) is 22.7 Å². The topological polar surface area (TPSA) is 61.5 Å². The first-order valence-corrected chi connectivity index (χ1v) is 7.64. The molecular formula is C15H22BrNO3. The van der Waals surface area contributed by atoms with Crippen molar-refractivity contribution >= 4 is 21.9 Å². The molecule has 4 nitrogen and oxygen atoms in total. The summed E-state index contributed by atoms with van der Waals surface area (Å²) >= 11 is 3.44. The summed E-state index contributed by atoms with van der Waals surface area (Å²) in [5.41, 5.74) is 6.84. The van der Waals surface area contributed by atoms with Crippen LogP contribution < -0.4 is 10.5 Å². The van der Waals surface area contributed by atoms with Gasteiger partial charge < -0.3 is 15.2 Å². The number of hydrogen-bond donors (Lipinski definition) is 1. The molecule has 2 unspecified atom stereocenters. The summed E-state index contributed by atoms with van der Waals surface area (Å²) in [6.07, 6.45) is 0.670. The molecule has 1 aromatic rings. The maximum Gasteiger partial charge on any atom is 0.347 e. The molecule has 0 radical (unpaired) electrons. The number of rotatable bonds is 7. The summed E-state index contributed by atoms with van der Waals surface area (Å²) < 4.78 is 11.8. The predicted octanol–water partition coefficient (Wildman–Crippen LogP) is 3.06. The lowest BCUT2D eigenvalue weighted by atomic mass is 10.1. The van der Waals surface area contributed by atoms with Crippen LogP contribution in [0.5, 0.6) is 5.75 Å². The van der Waals surface area contributed by atoms with Gasteiger partial charge in [0, 0.05) is 10.5 Å². The summed E-state index contributed by atoms with van der Waals surface area (Å²) in [5.74, 6) is 0.357. The van der Waals surface area contributed by atoms with Gasteiger partial charge in [0.2, 0.25) is 0 Å². The SMILES string of the molecule is CCOC(=O)C(CC)Oc1ccc(Br)cc1CC(C)N. The normalized spacial score (nSPS) is 13.7. The largest absolute Gasteiger partial charge is 0.478 e. The average Bonchev–Trinajstić information content (AvgIpc) is 2.37. The van der Waals surface area contributed by atoms with E-state index in [0.717, 1.165) is 10.0 Å². The fourth-order valence-electron chi connectivity index (χ4n) is 1.86. The van der Waals surface area contributed by atoms with Gasteiger partial charge in [-0.25, -0.2) is 4.79 Å². The van der Waals surface area contributed by atoms with Crippen LogP contribution >= 0.6 is 15.9 Å². The molecule has 2 N–H and O–H groups in total. The van der Waals surface area contributed by atoms with Gasteiger partial charge in [0.25, 0.3) is 0 Å². The van der Waals surface area contributed by atoms with Crippen molar-refractivity contribution in [1.29, 1.82) is 0 Å². The summed E-state index contributed by atoms with van der Waals surface area (Å²) in [5, 5.41) is 0. The molecule has 20 heavy (non-hydrogen) atoms. The maximum absolute atomic E-state index is 11.8. The van der Waals surface area contributed by atoms with Crippen molar-refractivity contribution in [3.63, 3.8) is 0 Å². The van der Waals surface area contributed by atoms with E-state index < -0.39 is 6.10 Å². The lowest BCUT2D eigenvalue weighted by Gasteiger charge is -2.19. The second-order valence-electron chi connectivity index (χ2n) is 4.70. The minimum absolute atomic E-state index is 0.0225. The van der Waals surface area contributed by atoms with Crippen molar-refractivity contribution in [3.05, 3.63) is 28.2 Å². The van der Waals surface area contributed by atoms with Crippen LogP contribution in [0.25, 0.3) is 0 Å². The quantitative estimate of drug-likeness (QED) is 0.773. The van der Waals surface area contributed by atoms with Crippen molar-refractivity contribution < 1.29 is 14.3 Å². The van der Waals surface area contributed by atoms with Gasteiger partial charge in [-0.3, -0.25) is 0 Å². The number of nitrogens with two attached hydrogens (primary N) is 1. The van der Waals surface area contributed by atoms with E-state index in [0.29, 0.717) is 25.2 Å². The molecule has 0 amide bonds. The number of esters is 1. The monoisotopic (exact) mass is 343 g/mol. The van der Waals surface area contributed by atoms with Gasteiger partial charge in [-0.1, -0.05) is 22.9 Å². The van der Waals surface area contributed by atoms with Crippen molar-refractivity contribution in [3.8, 4) is 5.75 Å².